The van der Waals surface area contributed by atoms with Gasteiger partial charge < -0.3 is 5.32 Å². The number of benzene rings is 1. The monoisotopic (exact) mass is 330 g/mol. The van der Waals surface area contributed by atoms with Crippen LogP contribution in [0.4, 0.5) is 5.69 Å². The molecular formula is C12H18N4O3S2. The number of carbonyl (C=O) groups is 1. The van der Waals surface area contributed by atoms with Gasteiger partial charge in [-0.15, -0.1) is 0 Å². The number of sulfonamides is 1. The van der Waals surface area contributed by atoms with Crippen LogP contribution in [0.1, 0.15) is 20.3 Å². The second kappa shape index (κ2) is 7.34. The lowest BCUT2D eigenvalue weighted by Crippen LogP contribution is -2.44. The third-order valence-electron chi connectivity index (χ3n) is 2.35. The fraction of sp³-hybridized carbons (Fsp3) is 0.333. The Balaban J connectivity index is 2.50. The first kappa shape index (κ1) is 17.3. The second-order valence-corrected chi connectivity index (χ2v) is 6.76. The third-order valence-corrected chi connectivity index (χ3v) is 3.48. The van der Waals surface area contributed by atoms with E-state index in [0.717, 1.165) is 0 Å². The highest BCUT2D eigenvalue weighted by atomic mass is 32.2. The first-order valence-electron chi connectivity index (χ1n) is 6.17. The summed E-state index contributed by atoms with van der Waals surface area (Å²) in [5, 5.41) is 7.98. The number of carbonyl (C=O) groups excluding carboxylic acids is 1. The minimum absolute atomic E-state index is 0.0113. The smallest absolute Gasteiger partial charge is 0.238 e. The molecule has 0 unspecified atom stereocenters. The summed E-state index contributed by atoms with van der Waals surface area (Å²) in [5.74, 6) is 0.0813. The van der Waals surface area contributed by atoms with Crippen molar-refractivity contribution in [2.45, 2.75) is 25.2 Å². The van der Waals surface area contributed by atoms with Crippen molar-refractivity contribution in [3.8, 4) is 0 Å². The van der Waals surface area contributed by atoms with Gasteiger partial charge >= 0.3 is 0 Å². The highest BCUT2D eigenvalue weighted by molar-refractivity contribution is 7.89. The summed E-state index contributed by atoms with van der Waals surface area (Å²) >= 11 is 4.99. The van der Waals surface area contributed by atoms with Crippen LogP contribution >= 0.6 is 12.2 Å². The number of nitrogens with one attached hydrogen (secondary N) is 3. The first-order chi connectivity index (χ1) is 9.68. The van der Waals surface area contributed by atoms with Crippen molar-refractivity contribution in [3.63, 3.8) is 0 Å². The van der Waals surface area contributed by atoms with Crippen LogP contribution in [0.2, 0.25) is 0 Å². The summed E-state index contributed by atoms with van der Waals surface area (Å²) < 4.78 is 22.2. The second-order valence-electron chi connectivity index (χ2n) is 4.79. The van der Waals surface area contributed by atoms with Crippen LogP contribution in [-0.2, 0) is 14.8 Å². The number of rotatable bonds is 4. The van der Waals surface area contributed by atoms with Gasteiger partial charge in [-0.05, 0) is 42.4 Å². The molecule has 9 heteroatoms. The van der Waals surface area contributed by atoms with Crippen molar-refractivity contribution in [2.75, 3.05) is 5.32 Å². The average molecular weight is 330 g/mol. The topological polar surface area (TPSA) is 113 Å². The third kappa shape index (κ3) is 6.52. The molecule has 7 nitrogen and oxygen atoms in total. The lowest BCUT2D eigenvalue weighted by molar-refractivity contribution is -0.122. The number of nitrogens with two attached hydrogens (primary N) is 1. The maximum Gasteiger partial charge on any atom is 0.238 e. The molecule has 1 aromatic carbocycles. The molecule has 1 amide bonds. The van der Waals surface area contributed by atoms with Crippen molar-refractivity contribution in [3.05, 3.63) is 24.3 Å². The molecule has 0 spiro atoms. The van der Waals surface area contributed by atoms with Crippen LogP contribution in [0, 0.1) is 5.92 Å². The van der Waals surface area contributed by atoms with Gasteiger partial charge in [-0.25, -0.2) is 13.6 Å². The number of amides is 1. The van der Waals surface area contributed by atoms with Crippen LogP contribution in [0.3, 0.4) is 0 Å². The van der Waals surface area contributed by atoms with Crippen LogP contribution in [0.15, 0.2) is 29.2 Å². The molecular weight excluding hydrogens is 312 g/mol. The van der Waals surface area contributed by atoms with Gasteiger partial charge in [0.25, 0.3) is 0 Å². The van der Waals surface area contributed by atoms with E-state index >= 15 is 0 Å². The maximum absolute atomic E-state index is 11.4. The van der Waals surface area contributed by atoms with Crippen molar-refractivity contribution in [2.24, 2.45) is 11.1 Å². The molecule has 0 bridgehead atoms. The minimum atomic E-state index is -3.71. The lowest BCUT2D eigenvalue weighted by Gasteiger charge is -2.12. The van der Waals surface area contributed by atoms with E-state index in [9.17, 15) is 13.2 Å². The summed E-state index contributed by atoms with van der Waals surface area (Å²) in [6, 6.07) is 5.75. The lowest BCUT2D eigenvalue weighted by atomic mass is 10.1. The van der Waals surface area contributed by atoms with E-state index in [1.165, 1.54) is 24.3 Å². The Kier molecular flexibility index (Phi) is 6.06. The summed E-state index contributed by atoms with van der Waals surface area (Å²) in [5.41, 5.74) is 5.59. The SMILES string of the molecule is CC(C)CC(=O)NNC(=S)Nc1ccc(S(N)(=O)=O)cc1. The minimum Gasteiger partial charge on any atom is -0.331 e. The highest BCUT2D eigenvalue weighted by Crippen LogP contribution is 2.12. The fourth-order valence-electron chi connectivity index (χ4n) is 1.44. The zero-order valence-corrected chi connectivity index (χ0v) is 13.3. The number of hydrogen-bond donors (Lipinski definition) is 4. The summed E-state index contributed by atoms with van der Waals surface area (Å²) in [7, 11) is -3.71. The Morgan fingerprint density at radius 2 is 1.81 bits per heavy atom. The van der Waals surface area contributed by atoms with Gasteiger partial charge in [0.2, 0.25) is 15.9 Å². The molecule has 0 aliphatic rings. The first-order valence-corrected chi connectivity index (χ1v) is 8.12. The van der Waals surface area contributed by atoms with E-state index in [4.69, 9.17) is 17.4 Å². The van der Waals surface area contributed by atoms with E-state index in [1.54, 1.807) is 0 Å². The van der Waals surface area contributed by atoms with E-state index < -0.39 is 10.0 Å². The number of thiocarbonyl (C=S) groups is 1. The molecule has 21 heavy (non-hydrogen) atoms. The highest BCUT2D eigenvalue weighted by Gasteiger charge is 2.08. The summed E-state index contributed by atoms with van der Waals surface area (Å²) in [6.45, 7) is 3.87. The largest absolute Gasteiger partial charge is 0.331 e. The molecule has 1 aromatic rings. The quantitative estimate of drug-likeness (QED) is 0.477. The predicted octanol–water partition coefficient (Wildman–Crippen LogP) is 0.698. The Morgan fingerprint density at radius 1 is 1.24 bits per heavy atom. The van der Waals surface area contributed by atoms with E-state index in [-0.39, 0.29) is 21.8 Å². The number of hydrazine groups is 1. The van der Waals surface area contributed by atoms with Gasteiger partial charge in [-0.1, -0.05) is 13.8 Å². The zero-order chi connectivity index (χ0) is 16.0. The van der Waals surface area contributed by atoms with Gasteiger partial charge in [0.1, 0.15) is 0 Å². The molecule has 1 rings (SSSR count). The van der Waals surface area contributed by atoms with Crippen LogP contribution in [-0.4, -0.2) is 19.4 Å². The van der Waals surface area contributed by atoms with Crippen molar-refractivity contribution < 1.29 is 13.2 Å². The number of hydrogen-bond acceptors (Lipinski definition) is 4. The normalized spacial score (nSPS) is 11.0. The van der Waals surface area contributed by atoms with Crippen LogP contribution < -0.4 is 21.3 Å². The van der Waals surface area contributed by atoms with Gasteiger partial charge in [-0.2, -0.15) is 0 Å². The summed E-state index contributed by atoms with van der Waals surface area (Å²) in [6.07, 6.45) is 0.388. The predicted molar refractivity (Wildman–Crippen MR) is 84.8 cm³/mol. The molecule has 0 aliphatic heterocycles. The van der Waals surface area contributed by atoms with Gasteiger partial charge in [0, 0.05) is 12.1 Å². The molecule has 0 aromatic heterocycles. The average Bonchev–Trinajstić information content (AvgIpc) is 2.35. The summed E-state index contributed by atoms with van der Waals surface area (Å²) in [4.78, 5) is 11.4. The number of primary sulfonamides is 1. The molecule has 0 heterocycles. The zero-order valence-electron chi connectivity index (χ0n) is 11.7. The van der Waals surface area contributed by atoms with E-state index in [2.05, 4.69) is 16.2 Å². The van der Waals surface area contributed by atoms with E-state index in [1.807, 2.05) is 13.8 Å². The molecule has 5 N–H and O–H groups in total. The fourth-order valence-corrected chi connectivity index (χ4v) is 2.12. The molecule has 0 atom stereocenters. The molecule has 0 saturated carbocycles. The Bertz CT molecular complexity index is 612. The van der Waals surface area contributed by atoms with Gasteiger partial charge in [0.05, 0.1) is 4.90 Å². The van der Waals surface area contributed by atoms with E-state index in [0.29, 0.717) is 12.1 Å². The van der Waals surface area contributed by atoms with Crippen LogP contribution in [0.25, 0.3) is 0 Å². The molecule has 0 radical (unpaired) electrons. The Labute approximate surface area is 129 Å². The van der Waals surface area contributed by atoms with Crippen LogP contribution in [0.5, 0.6) is 0 Å². The van der Waals surface area contributed by atoms with Crippen molar-refractivity contribution in [1.82, 2.24) is 10.9 Å². The maximum atomic E-state index is 11.4. The molecule has 0 fully saturated rings. The van der Waals surface area contributed by atoms with Gasteiger partial charge in [-0.3, -0.25) is 15.6 Å². The Hall–Kier alpha value is -1.71. The number of anilines is 1. The van der Waals surface area contributed by atoms with Gasteiger partial charge in [0.15, 0.2) is 5.11 Å². The standard InChI is InChI=1S/C12H18N4O3S2/c1-8(2)7-11(17)15-16-12(20)14-9-3-5-10(6-4-9)21(13,18)19/h3-6,8H,7H2,1-2H3,(H,15,17)(H2,13,18,19)(H2,14,16,20). The van der Waals surface area contributed by atoms with Crippen molar-refractivity contribution in [1.29, 1.82) is 0 Å². The van der Waals surface area contributed by atoms with Crippen molar-refractivity contribution >= 4 is 38.9 Å². The molecule has 116 valence electrons. The molecule has 0 aliphatic carbocycles. The molecule has 0 saturated heterocycles. The Morgan fingerprint density at radius 3 is 2.29 bits per heavy atom.